The van der Waals surface area contributed by atoms with Crippen molar-refractivity contribution in [3.63, 3.8) is 0 Å². The molecule has 0 saturated heterocycles. The van der Waals surface area contributed by atoms with Crippen molar-refractivity contribution in [3.05, 3.63) is 47.8 Å². The second kappa shape index (κ2) is 7.42. The Morgan fingerprint density at radius 3 is 2.70 bits per heavy atom. The van der Waals surface area contributed by atoms with Crippen LogP contribution in [0.2, 0.25) is 0 Å². The molecule has 5 heteroatoms. The predicted octanol–water partition coefficient (Wildman–Crippen LogP) is 2.48. The van der Waals surface area contributed by atoms with Crippen molar-refractivity contribution in [2.45, 2.75) is 32.1 Å². The van der Waals surface area contributed by atoms with Crippen LogP contribution in [0.4, 0.5) is 0 Å². The Morgan fingerprint density at radius 2 is 2.00 bits per heavy atom. The lowest BCUT2D eigenvalue weighted by Gasteiger charge is -2.09. The summed E-state index contributed by atoms with van der Waals surface area (Å²) in [5, 5.41) is 10.7. The summed E-state index contributed by atoms with van der Waals surface area (Å²) in [6, 6.07) is 10.0. The van der Waals surface area contributed by atoms with E-state index in [1.807, 2.05) is 35.0 Å². The summed E-state index contributed by atoms with van der Waals surface area (Å²) < 4.78 is 1.92. The van der Waals surface area contributed by atoms with E-state index in [2.05, 4.69) is 22.7 Å². The first kappa shape index (κ1) is 15.7. The van der Waals surface area contributed by atoms with Crippen molar-refractivity contribution in [1.29, 1.82) is 0 Å². The zero-order valence-corrected chi connectivity index (χ0v) is 13.6. The third-order valence-electron chi connectivity index (χ3n) is 4.03. The molecule has 1 heterocycles. The molecule has 1 saturated carbocycles. The summed E-state index contributed by atoms with van der Waals surface area (Å²) >= 11 is 0. The van der Waals surface area contributed by atoms with E-state index in [4.69, 9.17) is 0 Å². The van der Waals surface area contributed by atoms with Crippen molar-refractivity contribution in [2.24, 2.45) is 0 Å². The molecule has 23 heavy (non-hydrogen) atoms. The van der Waals surface area contributed by atoms with Crippen molar-refractivity contribution < 1.29 is 4.79 Å². The summed E-state index contributed by atoms with van der Waals surface area (Å²) in [7, 11) is 0. The van der Waals surface area contributed by atoms with E-state index in [0.717, 1.165) is 43.7 Å². The Kier molecular flexibility index (Phi) is 5.08. The average molecular weight is 312 g/mol. The Morgan fingerprint density at radius 1 is 1.22 bits per heavy atom. The van der Waals surface area contributed by atoms with E-state index in [-0.39, 0.29) is 5.91 Å². The second-order valence-electron chi connectivity index (χ2n) is 5.97. The molecule has 1 aromatic carbocycles. The largest absolute Gasteiger partial charge is 0.351 e. The molecular weight excluding hydrogens is 288 g/mol. The van der Waals surface area contributed by atoms with Gasteiger partial charge in [0.2, 0.25) is 0 Å². The number of benzene rings is 1. The van der Waals surface area contributed by atoms with Crippen molar-refractivity contribution in [2.75, 3.05) is 19.6 Å². The van der Waals surface area contributed by atoms with Crippen LogP contribution in [0.15, 0.2) is 36.5 Å². The number of nitrogens with one attached hydrogen (secondary N) is 2. The molecule has 2 aromatic rings. The first-order valence-corrected chi connectivity index (χ1v) is 8.43. The van der Waals surface area contributed by atoms with Gasteiger partial charge in [0.15, 0.2) is 0 Å². The van der Waals surface area contributed by atoms with Gasteiger partial charge < -0.3 is 10.6 Å². The zero-order valence-electron chi connectivity index (χ0n) is 13.6. The number of para-hydroxylation sites is 1. The minimum atomic E-state index is -0.0209. The number of hydrogen-bond acceptors (Lipinski definition) is 3. The molecule has 1 fully saturated rings. The standard InChI is InChI=1S/C18H24N4O/c1-2-10-19-11-12-20-18(23)16-13-21-22(17(16)14-8-9-14)15-6-4-3-5-7-15/h3-7,13-14,19H,2,8-12H2,1H3,(H,20,23). The normalized spacial score (nSPS) is 14.0. The van der Waals surface area contributed by atoms with Crippen LogP contribution < -0.4 is 10.6 Å². The second-order valence-corrected chi connectivity index (χ2v) is 5.97. The Labute approximate surface area is 137 Å². The summed E-state index contributed by atoms with van der Waals surface area (Å²) in [4.78, 5) is 12.5. The van der Waals surface area contributed by atoms with Gasteiger partial charge in [-0.2, -0.15) is 5.10 Å². The fourth-order valence-electron chi connectivity index (χ4n) is 2.72. The minimum Gasteiger partial charge on any atom is -0.351 e. The van der Waals surface area contributed by atoms with Crippen LogP contribution in [0.5, 0.6) is 0 Å². The summed E-state index contributed by atoms with van der Waals surface area (Å²) in [6.45, 7) is 4.55. The molecule has 0 bridgehead atoms. The van der Waals surface area contributed by atoms with Crippen LogP contribution in [0.3, 0.4) is 0 Å². The summed E-state index contributed by atoms with van der Waals surface area (Å²) in [6.07, 6.45) is 5.08. The van der Waals surface area contributed by atoms with Crippen LogP contribution in [0.1, 0.15) is 48.2 Å². The van der Waals surface area contributed by atoms with Gasteiger partial charge in [0.05, 0.1) is 23.1 Å². The highest BCUT2D eigenvalue weighted by atomic mass is 16.1. The summed E-state index contributed by atoms with van der Waals surface area (Å²) in [5.41, 5.74) is 2.78. The number of amides is 1. The number of hydrogen-bond donors (Lipinski definition) is 2. The zero-order chi connectivity index (χ0) is 16.1. The van der Waals surface area contributed by atoms with Gasteiger partial charge in [-0.3, -0.25) is 4.79 Å². The van der Waals surface area contributed by atoms with E-state index in [1.54, 1.807) is 6.20 Å². The van der Waals surface area contributed by atoms with E-state index in [9.17, 15) is 4.79 Å². The molecule has 3 rings (SSSR count). The fraction of sp³-hybridized carbons (Fsp3) is 0.444. The molecule has 1 aliphatic rings. The molecule has 1 aromatic heterocycles. The SMILES string of the molecule is CCCNCCNC(=O)c1cnn(-c2ccccc2)c1C1CC1. The van der Waals surface area contributed by atoms with Crippen LogP contribution in [0.25, 0.3) is 5.69 Å². The number of carbonyl (C=O) groups is 1. The number of nitrogens with zero attached hydrogens (tertiary/aromatic N) is 2. The maximum Gasteiger partial charge on any atom is 0.254 e. The van der Waals surface area contributed by atoms with Gasteiger partial charge in [-0.05, 0) is 37.9 Å². The highest BCUT2D eigenvalue weighted by Crippen LogP contribution is 2.42. The molecule has 0 radical (unpaired) electrons. The van der Waals surface area contributed by atoms with Crippen molar-refractivity contribution in [1.82, 2.24) is 20.4 Å². The van der Waals surface area contributed by atoms with Crippen LogP contribution in [-0.2, 0) is 0 Å². The van der Waals surface area contributed by atoms with Gasteiger partial charge in [-0.15, -0.1) is 0 Å². The van der Waals surface area contributed by atoms with E-state index >= 15 is 0 Å². The monoisotopic (exact) mass is 312 g/mol. The molecule has 0 unspecified atom stereocenters. The lowest BCUT2D eigenvalue weighted by molar-refractivity contribution is 0.0953. The number of rotatable bonds is 8. The fourth-order valence-corrected chi connectivity index (χ4v) is 2.72. The van der Waals surface area contributed by atoms with Gasteiger partial charge in [-0.1, -0.05) is 25.1 Å². The molecule has 1 amide bonds. The van der Waals surface area contributed by atoms with E-state index in [0.29, 0.717) is 18.0 Å². The molecule has 0 atom stereocenters. The maximum atomic E-state index is 12.5. The third-order valence-corrected chi connectivity index (χ3v) is 4.03. The van der Waals surface area contributed by atoms with Gasteiger partial charge in [0.1, 0.15) is 0 Å². The molecule has 0 aliphatic heterocycles. The molecule has 1 aliphatic carbocycles. The van der Waals surface area contributed by atoms with Gasteiger partial charge in [-0.25, -0.2) is 4.68 Å². The topological polar surface area (TPSA) is 58.9 Å². The van der Waals surface area contributed by atoms with Gasteiger partial charge in [0.25, 0.3) is 5.91 Å². The third kappa shape index (κ3) is 3.79. The number of aromatic nitrogens is 2. The summed E-state index contributed by atoms with van der Waals surface area (Å²) in [5.74, 6) is 0.434. The first-order chi connectivity index (χ1) is 11.3. The van der Waals surface area contributed by atoms with Crippen LogP contribution >= 0.6 is 0 Å². The van der Waals surface area contributed by atoms with Gasteiger partial charge >= 0.3 is 0 Å². The smallest absolute Gasteiger partial charge is 0.254 e. The molecule has 5 nitrogen and oxygen atoms in total. The quantitative estimate of drug-likeness (QED) is 0.736. The Balaban J connectivity index is 1.72. The highest BCUT2D eigenvalue weighted by Gasteiger charge is 2.32. The Bertz CT molecular complexity index is 646. The van der Waals surface area contributed by atoms with E-state index in [1.165, 1.54) is 0 Å². The molecule has 0 spiro atoms. The number of carbonyl (C=O) groups excluding carboxylic acids is 1. The lowest BCUT2D eigenvalue weighted by atomic mass is 10.1. The Hall–Kier alpha value is -2.14. The molecule has 2 N–H and O–H groups in total. The van der Waals surface area contributed by atoms with Crippen LogP contribution in [0, 0.1) is 0 Å². The van der Waals surface area contributed by atoms with E-state index < -0.39 is 0 Å². The maximum absolute atomic E-state index is 12.5. The average Bonchev–Trinajstić information content (AvgIpc) is 3.33. The molecular formula is C18H24N4O. The van der Waals surface area contributed by atoms with Gasteiger partial charge in [0, 0.05) is 19.0 Å². The molecule has 122 valence electrons. The minimum absolute atomic E-state index is 0.0209. The highest BCUT2D eigenvalue weighted by molar-refractivity contribution is 5.95. The predicted molar refractivity (Wildman–Crippen MR) is 91.0 cm³/mol. The van der Waals surface area contributed by atoms with Crippen molar-refractivity contribution in [3.8, 4) is 5.69 Å². The van der Waals surface area contributed by atoms with Crippen LogP contribution in [-0.4, -0.2) is 35.3 Å². The van der Waals surface area contributed by atoms with Crippen molar-refractivity contribution >= 4 is 5.91 Å². The first-order valence-electron chi connectivity index (χ1n) is 8.43. The lowest BCUT2D eigenvalue weighted by Crippen LogP contribution is -2.32.